The quantitative estimate of drug-likeness (QED) is 0.824. The van der Waals surface area contributed by atoms with Crippen molar-refractivity contribution in [2.45, 2.75) is 32.4 Å². The van der Waals surface area contributed by atoms with Crippen LogP contribution in [0.5, 0.6) is 0 Å². The van der Waals surface area contributed by atoms with Gasteiger partial charge in [-0.25, -0.2) is 0 Å². The van der Waals surface area contributed by atoms with E-state index in [0.717, 1.165) is 51.4 Å². The predicted octanol–water partition coefficient (Wildman–Crippen LogP) is 0.962. The van der Waals surface area contributed by atoms with Crippen LogP contribution in [0.25, 0.3) is 0 Å². The Morgan fingerprint density at radius 3 is 2.92 bits per heavy atom. The van der Waals surface area contributed by atoms with Crippen LogP contribution < -0.4 is 5.32 Å². The number of fused-ring (bicyclic) bond motifs is 1. The molecule has 6 nitrogen and oxygen atoms in total. The minimum atomic E-state index is 0.0150. The zero-order chi connectivity index (χ0) is 17.4. The molecule has 4 rings (SSSR count). The van der Waals surface area contributed by atoms with Gasteiger partial charge in [0.05, 0.1) is 6.04 Å². The van der Waals surface area contributed by atoms with Gasteiger partial charge in [0, 0.05) is 45.2 Å². The number of nitrogens with zero attached hydrogens (tertiary/aromatic N) is 2. The monoisotopic (exact) mass is 347 g/mol. The van der Waals surface area contributed by atoms with Crippen molar-refractivity contribution in [3.63, 3.8) is 0 Å². The highest BCUT2D eigenvalue weighted by molar-refractivity contribution is 5.82. The molecule has 1 N–H and O–H groups in total. The summed E-state index contributed by atoms with van der Waals surface area (Å²) in [5.41, 5.74) is 1.25. The maximum atomic E-state index is 13.0. The summed E-state index contributed by atoms with van der Waals surface area (Å²) in [6.07, 6.45) is 5.43. The number of hydrogen-bond donors (Lipinski definition) is 1. The number of hydrogen-bond acceptors (Lipinski definition) is 5. The van der Waals surface area contributed by atoms with Crippen molar-refractivity contribution in [2.24, 2.45) is 11.8 Å². The molecule has 3 saturated heterocycles. The van der Waals surface area contributed by atoms with Crippen LogP contribution in [0.15, 0.2) is 23.5 Å². The molecule has 0 aromatic rings. The maximum Gasteiger partial charge on any atom is 0.240 e. The van der Waals surface area contributed by atoms with Crippen LogP contribution in [0.3, 0.4) is 0 Å². The van der Waals surface area contributed by atoms with Crippen LogP contribution in [0.1, 0.15) is 20.3 Å². The third kappa shape index (κ3) is 3.48. The normalized spacial score (nSPS) is 35.8. The summed E-state index contributed by atoms with van der Waals surface area (Å²) in [7, 11) is 0. The lowest BCUT2D eigenvalue weighted by atomic mass is 9.93. The zero-order valence-electron chi connectivity index (χ0n) is 15.2. The van der Waals surface area contributed by atoms with Crippen LogP contribution in [-0.4, -0.2) is 73.9 Å². The number of likely N-dealkylation sites (tertiary alicyclic amines) is 1. The van der Waals surface area contributed by atoms with Gasteiger partial charge in [0.15, 0.2) is 6.79 Å². The number of piperazine rings is 1. The van der Waals surface area contributed by atoms with Crippen LogP contribution in [0.4, 0.5) is 0 Å². The summed E-state index contributed by atoms with van der Waals surface area (Å²) in [5.74, 6) is 2.13. The first-order valence-corrected chi connectivity index (χ1v) is 9.52. The van der Waals surface area contributed by atoms with Crippen LogP contribution in [0, 0.1) is 11.8 Å². The Morgan fingerprint density at radius 1 is 1.32 bits per heavy atom. The predicted molar refractivity (Wildman–Crippen MR) is 94.7 cm³/mol. The molecular weight excluding hydrogens is 318 g/mol. The number of carbonyl (C=O) groups excluding carboxylic acids is 1. The maximum absolute atomic E-state index is 13.0. The van der Waals surface area contributed by atoms with E-state index in [0.29, 0.717) is 24.5 Å². The SMILES string of the molecule is CC1C=C(CN2C[C@@H](C)C[C@H]2C(=O)N2CCNCC2)C=C2OCOC21. The van der Waals surface area contributed by atoms with Crippen molar-refractivity contribution in [1.29, 1.82) is 0 Å². The van der Waals surface area contributed by atoms with E-state index in [1.165, 1.54) is 5.57 Å². The molecule has 6 heteroatoms. The molecule has 4 aliphatic rings. The fourth-order valence-electron chi connectivity index (χ4n) is 4.52. The number of ether oxygens (including phenoxy) is 2. The lowest BCUT2D eigenvalue weighted by Crippen LogP contribution is -2.52. The number of nitrogens with one attached hydrogen (secondary N) is 1. The number of rotatable bonds is 3. The second kappa shape index (κ2) is 7.09. The Morgan fingerprint density at radius 2 is 2.12 bits per heavy atom. The third-order valence-corrected chi connectivity index (χ3v) is 5.75. The van der Waals surface area contributed by atoms with E-state index in [2.05, 4.69) is 36.2 Å². The summed E-state index contributed by atoms with van der Waals surface area (Å²) >= 11 is 0. The Balaban J connectivity index is 1.46. The molecule has 4 atom stereocenters. The van der Waals surface area contributed by atoms with Gasteiger partial charge in [0.25, 0.3) is 0 Å². The molecule has 1 aliphatic carbocycles. The van der Waals surface area contributed by atoms with Gasteiger partial charge in [-0.1, -0.05) is 19.9 Å². The molecule has 3 aliphatic heterocycles. The molecule has 25 heavy (non-hydrogen) atoms. The smallest absolute Gasteiger partial charge is 0.240 e. The zero-order valence-corrected chi connectivity index (χ0v) is 15.2. The molecule has 3 fully saturated rings. The van der Waals surface area contributed by atoms with Crippen molar-refractivity contribution in [3.8, 4) is 0 Å². The van der Waals surface area contributed by atoms with Gasteiger partial charge in [-0.05, 0) is 24.0 Å². The van der Waals surface area contributed by atoms with Gasteiger partial charge >= 0.3 is 0 Å². The highest BCUT2D eigenvalue weighted by Gasteiger charge is 2.38. The molecule has 0 radical (unpaired) electrons. The van der Waals surface area contributed by atoms with Crippen molar-refractivity contribution in [3.05, 3.63) is 23.5 Å². The molecule has 0 saturated carbocycles. The van der Waals surface area contributed by atoms with Crippen molar-refractivity contribution in [1.82, 2.24) is 15.1 Å². The second-order valence-electron chi connectivity index (χ2n) is 7.86. The van der Waals surface area contributed by atoms with Crippen LogP contribution >= 0.6 is 0 Å². The van der Waals surface area contributed by atoms with E-state index in [-0.39, 0.29) is 12.1 Å². The summed E-state index contributed by atoms with van der Waals surface area (Å²) < 4.78 is 11.2. The van der Waals surface area contributed by atoms with Gasteiger partial charge < -0.3 is 19.7 Å². The van der Waals surface area contributed by atoms with Gasteiger partial charge in [0.1, 0.15) is 11.9 Å². The topological polar surface area (TPSA) is 54.0 Å². The van der Waals surface area contributed by atoms with Crippen molar-refractivity contribution < 1.29 is 14.3 Å². The minimum absolute atomic E-state index is 0.0150. The van der Waals surface area contributed by atoms with Crippen LogP contribution in [0.2, 0.25) is 0 Å². The average Bonchev–Trinajstić information content (AvgIpc) is 3.22. The van der Waals surface area contributed by atoms with Crippen molar-refractivity contribution in [2.75, 3.05) is 46.1 Å². The summed E-state index contributed by atoms with van der Waals surface area (Å²) in [4.78, 5) is 17.4. The Hall–Kier alpha value is -1.37. The van der Waals surface area contributed by atoms with E-state index in [9.17, 15) is 4.79 Å². The van der Waals surface area contributed by atoms with E-state index < -0.39 is 0 Å². The van der Waals surface area contributed by atoms with Gasteiger partial charge in [-0.2, -0.15) is 0 Å². The summed E-state index contributed by atoms with van der Waals surface area (Å²) in [5, 5.41) is 3.32. The first-order valence-electron chi connectivity index (χ1n) is 9.52. The van der Waals surface area contributed by atoms with E-state index in [1.807, 2.05) is 4.90 Å². The molecule has 0 spiro atoms. The second-order valence-corrected chi connectivity index (χ2v) is 7.86. The Labute approximate surface area is 149 Å². The number of amides is 1. The number of carbonyl (C=O) groups is 1. The molecule has 3 heterocycles. The molecule has 138 valence electrons. The third-order valence-electron chi connectivity index (χ3n) is 5.75. The average molecular weight is 347 g/mol. The Kier molecular flexibility index (Phi) is 4.84. The largest absolute Gasteiger partial charge is 0.469 e. The minimum Gasteiger partial charge on any atom is -0.469 e. The first kappa shape index (κ1) is 17.1. The van der Waals surface area contributed by atoms with Crippen molar-refractivity contribution >= 4 is 5.91 Å². The van der Waals surface area contributed by atoms with Gasteiger partial charge in [0.2, 0.25) is 5.91 Å². The van der Waals surface area contributed by atoms with Gasteiger partial charge in [-0.15, -0.1) is 0 Å². The lowest BCUT2D eigenvalue weighted by molar-refractivity contribution is -0.136. The fourth-order valence-corrected chi connectivity index (χ4v) is 4.52. The lowest BCUT2D eigenvalue weighted by Gasteiger charge is -2.33. The molecule has 2 unspecified atom stereocenters. The molecule has 1 amide bonds. The fraction of sp³-hybridized carbons (Fsp3) is 0.737. The summed E-state index contributed by atoms with van der Waals surface area (Å²) in [6, 6.07) is 0.0150. The highest BCUT2D eigenvalue weighted by atomic mass is 16.7. The molecule has 0 aromatic carbocycles. The highest BCUT2D eigenvalue weighted by Crippen LogP contribution is 2.32. The van der Waals surface area contributed by atoms with E-state index in [1.54, 1.807) is 0 Å². The first-order chi connectivity index (χ1) is 12.1. The standard InChI is InChI=1S/C19H29N3O3/c1-13-7-16(19(23)21-5-3-20-4-6-21)22(10-13)11-15-8-14(2)18-17(9-15)24-12-25-18/h8-9,13-14,16,18,20H,3-7,10-12H2,1-2H3/t13-,14?,16-,18?/m0/s1. The van der Waals surface area contributed by atoms with Crippen LogP contribution in [-0.2, 0) is 14.3 Å². The van der Waals surface area contributed by atoms with Gasteiger partial charge in [-0.3, -0.25) is 9.69 Å². The molecular formula is C19H29N3O3. The van der Waals surface area contributed by atoms with E-state index in [4.69, 9.17) is 9.47 Å². The Bertz CT molecular complexity index is 582. The summed E-state index contributed by atoms with van der Waals surface area (Å²) in [6.45, 7) is 10.0. The molecule has 0 aromatic heterocycles. The van der Waals surface area contributed by atoms with E-state index >= 15 is 0 Å². The molecule has 0 bridgehead atoms.